The molecule has 0 atom stereocenters. The zero-order valence-corrected chi connectivity index (χ0v) is 15.7. The van der Waals surface area contributed by atoms with E-state index in [1.807, 2.05) is 25.1 Å². The third-order valence-electron chi connectivity index (χ3n) is 3.60. The number of hydrogen-bond donors (Lipinski definition) is 2. The normalized spacial score (nSPS) is 10.5. The van der Waals surface area contributed by atoms with Gasteiger partial charge in [-0.2, -0.15) is 4.98 Å². The van der Waals surface area contributed by atoms with Gasteiger partial charge in [-0.25, -0.2) is 4.98 Å². The van der Waals surface area contributed by atoms with Crippen LogP contribution in [-0.2, 0) is 0 Å². The smallest absolute Gasteiger partial charge is 0.229 e. The lowest BCUT2D eigenvalue weighted by atomic mass is 10.1. The summed E-state index contributed by atoms with van der Waals surface area (Å²) < 4.78 is 0. The summed E-state index contributed by atoms with van der Waals surface area (Å²) in [5.41, 5.74) is 2.94. The maximum Gasteiger partial charge on any atom is 0.229 e. The van der Waals surface area contributed by atoms with Gasteiger partial charge in [-0.05, 0) is 56.3 Å². The maximum atomic E-state index is 11.4. The number of halogens is 2. The van der Waals surface area contributed by atoms with Crippen LogP contribution < -0.4 is 10.6 Å². The largest absolute Gasteiger partial charge is 0.340 e. The van der Waals surface area contributed by atoms with Crippen LogP contribution in [0.15, 0.2) is 48.5 Å². The minimum absolute atomic E-state index is 0.0285. The molecule has 3 aromatic rings. The van der Waals surface area contributed by atoms with E-state index in [1.54, 1.807) is 30.3 Å². The number of nitrogens with zero attached hydrogens (tertiary/aromatic N) is 2. The van der Waals surface area contributed by atoms with E-state index in [2.05, 4.69) is 20.6 Å². The number of rotatable bonds is 5. The van der Waals surface area contributed by atoms with Gasteiger partial charge in [0.15, 0.2) is 5.78 Å². The average Bonchev–Trinajstić information content (AvgIpc) is 2.57. The van der Waals surface area contributed by atoms with Gasteiger partial charge < -0.3 is 10.6 Å². The van der Waals surface area contributed by atoms with E-state index in [-0.39, 0.29) is 5.78 Å². The second-order valence-corrected chi connectivity index (χ2v) is 6.57. The van der Waals surface area contributed by atoms with Gasteiger partial charge in [0.2, 0.25) is 5.95 Å². The van der Waals surface area contributed by atoms with E-state index in [9.17, 15) is 4.79 Å². The van der Waals surface area contributed by atoms with Gasteiger partial charge in [-0.3, -0.25) is 4.79 Å². The summed E-state index contributed by atoms with van der Waals surface area (Å²) in [4.78, 5) is 20.2. The Morgan fingerprint density at radius 3 is 2.35 bits per heavy atom. The molecule has 0 saturated carbocycles. The highest BCUT2D eigenvalue weighted by molar-refractivity contribution is 6.36. The summed E-state index contributed by atoms with van der Waals surface area (Å²) in [6.07, 6.45) is 0. The van der Waals surface area contributed by atoms with Crippen molar-refractivity contribution in [3.8, 4) is 0 Å². The molecule has 0 aliphatic heterocycles. The quantitative estimate of drug-likeness (QED) is 0.543. The number of nitrogens with one attached hydrogen (secondary N) is 2. The Morgan fingerprint density at radius 1 is 0.962 bits per heavy atom. The van der Waals surface area contributed by atoms with Crippen molar-refractivity contribution in [3.05, 3.63) is 69.8 Å². The summed E-state index contributed by atoms with van der Waals surface area (Å²) in [5.74, 6) is 1.07. The number of aromatic nitrogens is 2. The number of ketones is 1. The number of anilines is 4. The van der Waals surface area contributed by atoms with Gasteiger partial charge in [0.25, 0.3) is 0 Å². The first kappa shape index (κ1) is 18.2. The number of Topliss-reactive ketones (excluding diaryl/α,β-unsaturated/α-hetero) is 1. The fraction of sp³-hybridized carbons (Fsp3) is 0.105. The van der Waals surface area contributed by atoms with Crippen molar-refractivity contribution >= 4 is 52.1 Å². The number of hydrogen-bond acceptors (Lipinski definition) is 5. The minimum atomic E-state index is 0.0285. The van der Waals surface area contributed by atoms with Crippen LogP contribution in [-0.4, -0.2) is 15.8 Å². The third-order valence-corrected chi connectivity index (χ3v) is 4.14. The molecule has 0 saturated heterocycles. The SMILES string of the molecule is CC(=O)c1ccc(Nc2cc(C)nc(Nc3ccc(Cl)cc3Cl)n2)cc1. The molecule has 0 aliphatic carbocycles. The zero-order chi connectivity index (χ0) is 18.7. The summed E-state index contributed by atoms with van der Waals surface area (Å²) in [5, 5.41) is 7.34. The Hall–Kier alpha value is -2.63. The molecule has 0 radical (unpaired) electrons. The Balaban J connectivity index is 1.82. The summed E-state index contributed by atoms with van der Waals surface area (Å²) in [6.45, 7) is 3.41. The molecule has 1 heterocycles. The van der Waals surface area contributed by atoms with E-state index < -0.39 is 0 Å². The average molecular weight is 387 g/mol. The topological polar surface area (TPSA) is 66.9 Å². The molecule has 132 valence electrons. The Labute approximate surface area is 161 Å². The van der Waals surface area contributed by atoms with Crippen LogP contribution in [0, 0.1) is 6.92 Å². The van der Waals surface area contributed by atoms with Gasteiger partial charge in [-0.1, -0.05) is 23.2 Å². The second kappa shape index (κ2) is 7.72. The Morgan fingerprint density at radius 2 is 1.69 bits per heavy atom. The highest BCUT2D eigenvalue weighted by Gasteiger charge is 2.07. The standard InChI is InChI=1S/C19H16Cl2N4O/c1-11-9-18(23-15-6-3-13(4-7-15)12(2)26)25-19(22-11)24-17-8-5-14(20)10-16(17)21/h3-10H,1-2H3,(H2,22,23,24,25). The van der Waals surface area contributed by atoms with Gasteiger partial charge >= 0.3 is 0 Å². The van der Waals surface area contributed by atoms with Crippen molar-refractivity contribution in [1.29, 1.82) is 0 Å². The van der Waals surface area contributed by atoms with E-state index in [1.165, 1.54) is 6.92 Å². The second-order valence-electron chi connectivity index (χ2n) is 5.73. The molecule has 0 spiro atoms. The monoisotopic (exact) mass is 386 g/mol. The molecule has 0 amide bonds. The van der Waals surface area contributed by atoms with Crippen molar-refractivity contribution in [3.63, 3.8) is 0 Å². The van der Waals surface area contributed by atoms with Crippen LogP contribution in [0.4, 0.5) is 23.1 Å². The van der Waals surface area contributed by atoms with E-state index in [0.717, 1.165) is 11.4 Å². The van der Waals surface area contributed by atoms with Crippen LogP contribution in [0.5, 0.6) is 0 Å². The van der Waals surface area contributed by atoms with Crippen LogP contribution in [0.2, 0.25) is 10.0 Å². The fourth-order valence-electron chi connectivity index (χ4n) is 2.34. The van der Waals surface area contributed by atoms with E-state index in [4.69, 9.17) is 23.2 Å². The van der Waals surface area contributed by atoms with Crippen molar-refractivity contribution in [1.82, 2.24) is 9.97 Å². The first-order valence-electron chi connectivity index (χ1n) is 7.86. The molecule has 5 nitrogen and oxygen atoms in total. The first-order chi connectivity index (χ1) is 12.4. The molecular weight excluding hydrogens is 371 g/mol. The molecule has 3 rings (SSSR count). The van der Waals surface area contributed by atoms with Crippen molar-refractivity contribution in [2.75, 3.05) is 10.6 Å². The highest BCUT2D eigenvalue weighted by atomic mass is 35.5. The third kappa shape index (κ3) is 4.50. The number of carbonyl (C=O) groups excluding carboxylic acids is 1. The van der Waals surface area contributed by atoms with Crippen LogP contribution in [0.3, 0.4) is 0 Å². The van der Waals surface area contributed by atoms with Crippen LogP contribution in [0.1, 0.15) is 23.0 Å². The molecule has 2 aromatic carbocycles. The van der Waals surface area contributed by atoms with Crippen molar-refractivity contribution in [2.24, 2.45) is 0 Å². The molecule has 7 heteroatoms. The van der Waals surface area contributed by atoms with Crippen LogP contribution >= 0.6 is 23.2 Å². The predicted octanol–water partition coefficient (Wildman–Crippen LogP) is 5.78. The molecule has 0 unspecified atom stereocenters. The van der Waals surface area contributed by atoms with Crippen molar-refractivity contribution in [2.45, 2.75) is 13.8 Å². The number of aryl methyl sites for hydroxylation is 1. The minimum Gasteiger partial charge on any atom is -0.340 e. The van der Waals surface area contributed by atoms with Crippen molar-refractivity contribution < 1.29 is 4.79 Å². The van der Waals surface area contributed by atoms with Gasteiger partial charge in [0, 0.05) is 28.0 Å². The Bertz CT molecular complexity index is 958. The Kier molecular flexibility index (Phi) is 5.40. The van der Waals surface area contributed by atoms with Crippen LogP contribution in [0.25, 0.3) is 0 Å². The number of benzene rings is 2. The van der Waals surface area contributed by atoms with Gasteiger partial charge in [0.05, 0.1) is 10.7 Å². The predicted molar refractivity (Wildman–Crippen MR) is 106 cm³/mol. The highest BCUT2D eigenvalue weighted by Crippen LogP contribution is 2.28. The lowest BCUT2D eigenvalue weighted by Gasteiger charge is -2.11. The molecule has 2 N–H and O–H groups in total. The molecule has 0 fully saturated rings. The summed E-state index contributed by atoms with van der Waals surface area (Å²) >= 11 is 12.1. The molecular formula is C19H16Cl2N4O. The van der Waals surface area contributed by atoms with Gasteiger partial charge in [0.1, 0.15) is 5.82 Å². The van der Waals surface area contributed by atoms with E-state index >= 15 is 0 Å². The lowest BCUT2D eigenvalue weighted by Crippen LogP contribution is -2.03. The molecule has 1 aromatic heterocycles. The summed E-state index contributed by atoms with van der Waals surface area (Å²) in [7, 11) is 0. The molecule has 26 heavy (non-hydrogen) atoms. The fourth-order valence-corrected chi connectivity index (χ4v) is 2.79. The zero-order valence-electron chi connectivity index (χ0n) is 14.2. The first-order valence-corrected chi connectivity index (χ1v) is 8.62. The molecule has 0 aliphatic rings. The lowest BCUT2D eigenvalue weighted by molar-refractivity contribution is 0.101. The van der Waals surface area contributed by atoms with E-state index in [0.29, 0.717) is 33.1 Å². The number of carbonyl (C=O) groups is 1. The summed E-state index contributed by atoms with van der Waals surface area (Å²) in [6, 6.07) is 14.2. The van der Waals surface area contributed by atoms with Gasteiger partial charge in [-0.15, -0.1) is 0 Å². The molecule has 0 bridgehead atoms. The maximum absolute atomic E-state index is 11.4.